The molecule has 0 aromatic carbocycles. The highest BCUT2D eigenvalue weighted by Gasteiger charge is 2.14. The molecule has 1 saturated carbocycles. The highest BCUT2D eigenvalue weighted by Crippen LogP contribution is 2.29. The second-order valence-electron chi connectivity index (χ2n) is 4.40. The van der Waals surface area contributed by atoms with Gasteiger partial charge in [0.2, 0.25) is 0 Å². The van der Waals surface area contributed by atoms with Gasteiger partial charge in [-0.05, 0) is 25.3 Å². The Bertz CT molecular complexity index is 145. The van der Waals surface area contributed by atoms with Crippen molar-refractivity contribution in [1.82, 2.24) is 5.32 Å². The smallest absolute Gasteiger partial charge is 0.00105 e. The Morgan fingerprint density at radius 3 is 2.62 bits per heavy atom. The maximum Gasteiger partial charge on any atom is 0.00105 e. The summed E-state index contributed by atoms with van der Waals surface area (Å²) in [5, 5.41) is 3.41. The molecule has 0 atom stereocenters. The van der Waals surface area contributed by atoms with Gasteiger partial charge in [-0.15, -0.1) is 0 Å². The second kappa shape index (κ2) is 6.20. The summed E-state index contributed by atoms with van der Waals surface area (Å²) in [5.41, 5.74) is 0. The zero-order valence-corrected chi connectivity index (χ0v) is 9.05. The van der Waals surface area contributed by atoms with Crippen LogP contribution in [0.5, 0.6) is 0 Å². The first-order chi connectivity index (χ1) is 6.29. The van der Waals surface area contributed by atoms with Gasteiger partial charge in [0.05, 0.1) is 0 Å². The highest BCUT2D eigenvalue weighted by molar-refractivity contribution is 4.86. The molecule has 1 heteroatoms. The normalized spacial score (nSPS) is 18.4. The van der Waals surface area contributed by atoms with Gasteiger partial charge in [0.15, 0.2) is 0 Å². The molecule has 1 rings (SSSR count). The van der Waals surface area contributed by atoms with E-state index in [1.54, 1.807) is 0 Å². The van der Waals surface area contributed by atoms with Crippen LogP contribution >= 0.6 is 0 Å². The fourth-order valence-electron chi connectivity index (χ4n) is 1.59. The van der Waals surface area contributed by atoms with Crippen LogP contribution in [0.2, 0.25) is 0 Å². The monoisotopic (exact) mass is 181 g/mol. The molecular formula is C12H23N. The first-order valence-electron chi connectivity index (χ1n) is 5.67. The third-order valence-electron chi connectivity index (χ3n) is 2.72. The fraction of sp³-hybridized carbons (Fsp3) is 0.833. The molecule has 0 aromatic heterocycles. The summed E-state index contributed by atoms with van der Waals surface area (Å²) in [5.74, 6) is 1.02. The van der Waals surface area contributed by atoms with Gasteiger partial charge in [0.25, 0.3) is 0 Å². The zero-order valence-electron chi connectivity index (χ0n) is 9.05. The standard InChI is InChI=1S/C12H23N/c1-11(2)13-10-5-3-4-7-12-8-6-9-12/h3-4,11-13H,5-10H2,1-2H3. The van der Waals surface area contributed by atoms with Crippen LogP contribution in [0.3, 0.4) is 0 Å². The Kier molecular flexibility index (Phi) is 5.14. The van der Waals surface area contributed by atoms with Gasteiger partial charge in [0.1, 0.15) is 0 Å². The van der Waals surface area contributed by atoms with E-state index >= 15 is 0 Å². The van der Waals surface area contributed by atoms with Crippen LogP contribution < -0.4 is 5.32 Å². The van der Waals surface area contributed by atoms with Gasteiger partial charge in [0, 0.05) is 6.04 Å². The van der Waals surface area contributed by atoms with Crippen molar-refractivity contribution in [3.8, 4) is 0 Å². The lowest BCUT2D eigenvalue weighted by Crippen LogP contribution is -2.23. The van der Waals surface area contributed by atoms with Crippen LogP contribution in [0, 0.1) is 5.92 Å². The number of nitrogens with one attached hydrogen (secondary N) is 1. The van der Waals surface area contributed by atoms with Crippen LogP contribution in [0.15, 0.2) is 12.2 Å². The summed E-state index contributed by atoms with van der Waals surface area (Å²) >= 11 is 0. The van der Waals surface area contributed by atoms with E-state index in [-0.39, 0.29) is 0 Å². The Labute approximate surface area is 82.6 Å². The summed E-state index contributed by atoms with van der Waals surface area (Å²) < 4.78 is 0. The van der Waals surface area contributed by atoms with Crippen molar-refractivity contribution in [3.63, 3.8) is 0 Å². The molecule has 0 aliphatic heterocycles. The van der Waals surface area contributed by atoms with Crippen molar-refractivity contribution >= 4 is 0 Å². The summed E-state index contributed by atoms with van der Waals surface area (Å²) in [4.78, 5) is 0. The SMILES string of the molecule is CC(C)NCCC=CCC1CCC1. The molecular weight excluding hydrogens is 158 g/mol. The third-order valence-corrected chi connectivity index (χ3v) is 2.72. The minimum Gasteiger partial charge on any atom is -0.314 e. The lowest BCUT2D eigenvalue weighted by Gasteiger charge is -2.23. The molecule has 1 N–H and O–H groups in total. The minimum absolute atomic E-state index is 0.625. The number of allylic oxidation sites excluding steroid dienone is 1. The van der Waals surface area contributed by atoms with Gasteiger partial charge in [-0.2, -0.15) is 0 Å². The van der Waals surface area contributed by atoms with E-state index < -0.39 is 0 Å². The van der Waals surface area contributed by atoms with Crippen molar-refractivity contribution < 1.29 is 0 Å². The first-order valence-corrected chi connectivity index (χ1v) is 5.67. The van der Waals surface area contributed by atoms with Crippen LogP contribution in [-0.4, -0.2) is 12.6 Å². The third kappa shape index (κ3) is 5.09. The van der Waals surface area contributed by atoms with Crippen LogP contribution in [0.25, 0.3) is 0 Å². The average molecular weight is 181 g/mol. The number of hydrogen-bond acceptors (Lipinski definition) is 1. The van der Waals surface area contributed by atoms with Crippen molar-refractivity contribution in [1.29, 1.82) is 0 Å². The molecule has 1 fully saturated rings. The van der Waals surface area contributed by atoms with Gasteiger partial charge < -0.3 is 5.32 Å². The summed E-state index contributed by atoms with van der Waals surface area (Å²) in [7, 11) is 0. The lowest BCUT2D eigenvalue weighted by atomic mass is 9.83. The predicted molar refractivity (Wildman–Crippen MR) is 58.9 cm³/mol. The van der Waals surface area contributed by atoms with E-state index in [2.05, 4.69) is 31.3 Å². The van der Waals surface area contributed by atoms with Gasteiger partial charge >= 0.3 is 0 Å². The fourth-order valence-corrected chi connectivity index (χ4v) is 1.59. The molecule has 76 valence electrons. The maximum atomic E-state index is 3.41. The molecule has 0 saturated heterocycles. The minimum atomic E-state index is 0.625. The quantitative estimate of drug-likeness (QED) is 0.490. The summed E-state index contributed by atoms with van der Waals surface area (Å²) in [6, 6.07) is 0.625. The highest BCUT2D eigenvalue weighted by atomic mass is 14.9. The largest absolute Gasteiger partial charge is 0.314 e. The average Bonchev–Trinajstić information content (AvgIpc) is 1.99. The van der Waals surface area contributed by atoms with E-state index in [4.69, 9.17) is 0 Å². The van der Waals surface area contributed by atoms with Crippen molar-refractivity contribution in [2.45, 2.75) is 52.0 Å². The van der Waals surface area contributed by atoms with E-state index in [1.165, 1.54) is 32.1 Å². The maximum absolute atomic E-state index is 3.41. The van der Waals surface area contributed by atoms with Gasteiger partial charge in [-0.3, -0.25) is 0 Å². The van der Waals surface area contributed by atoms with Gasteiger partial charge in [-0.1, -0.05) is 45.3 Å². The summed E-state index contributed by atoms with van der Waals surface area (Å²) in [6.45, 7) is 5.51. The van der Waals surface area contributed by atoms with Crippen LogP contribution in [0.4, 0.5) is 0 Å². The Hall–Kier alpha value is -0.300. The van der Waals surface area contributed by atoms with E-state index in [9.17, 15) is 0 Å². The Morgan fingerprint density at radius 2 is 2.08 bits per heavy atom. The zero-order chi connectivity index (χ0) is 9.52. The molecule has 0 heterocycles. The molecule has 0 spiro atoms. The molecule has 0 aromatic rings. The molecule has 0 unspecified atom stereocenters. The molecule has 0 amide bonds. The Balaban J connectivity index is 1.86. The van der Waals surface area contributed by atoms with E-state index in [0.717, 1.165) is 12.5 Å². The van der Waals surface area contributed by atoms with Crippen LogP contribution in [0.1, 0.15) is 46.0 Å². The molecule has 1 aliphatic rings. The van der Waals surface area contributed by atoms with Crippen molar-refractivity contribution in [2.24, 2.45) is 5.92 Å². The lowest BCUT2D eigenvalue weighted by molar-refractivity contribution is 0.319. The number of rotatable bonds is 6. The predicted octanol–water partition coefficient (Wildman–Crippen LogP) is 3.12. The molecule has 0 radical (unpaired) electrons. The summed E-state index contributed by atoms with van der Waals surface area (Å²) in [6.07, 6.45) is 11.6. The topological polar surface area (TPSA) is 12.0 Å². The molecule has 1 nitrogen and oxygen atoms in total. The first kappa shape index (κ1) is 10.8. The van der Waals surface area contributed by atoms with Crippen LogP contribution in [-0.2, 0) is 0 Å². The van der Waals surface area contributed by atoms with E-state index in [0.29, 0.717) is 6.04 Å². The second-order valence-corrected chi connectivity index (χ2v) is 4.40. The molecule has 1 aliphatic carbocycles. The van der Waals surface area contributed by atoms with Crippen molar-refractivity contribution in [2.75, 3.05) is 6.54 Å². The molecule has 0 bridgehead atoms. The Morgan fingerprint density at radius 1 is 1.31 bits per heavy atom. The van der Waals surface area contributed by atoms with Gasteiger partial charge in [-0.25, -0.2) is 0 Å². The van der Waals surface area contributed by atoms with E-state index in [1.807, 2.05) is 0 Å². The molecule has 13 heavy (non-hydrogen) atoms. The number of hydrogen-bond donors (Lipinski definition) is 1. The van der Waals surface area contributed by atoms with Crippen molar-refractivity contribution in [3.05, 3.63) is 12.2 Å².